The molecule has 4 heterocycles. The number of hydrogen-bond donors (Lipinski definition) is 0. The fourth-order valence-corrected chi connectivity index (χ4v) is 5.81. The normalized spacial score (nSPS) is 15.3. The van der Waals surface area contributed by atoms with Crippen LogP contribution in [-0.2, 0) is 16.5 Å². The topological polar surface area (TPSA) is 84.1 Å². The molecule has 1 atom stereocenters. The number of benzene rings is 2. The minimum atomic E-state index is -0.588. The first kappa shape index (κ1) is 24.2. The number of carbonyl (C=O) groups excluding carboxylic acids is 1. The van der Waals surface area contributed by atoms with Crippen molar-refractivity contribution in [3.05, 3.63) is 77.4 Å². The summed E-state index contributed by atoms with van der Waals surface area (Å²) in [6, 6.07) is 15.1. The third kappa shape index (κ3) is 3.94. The summed E-state index contributed by atoms with van der Waals surface area (Å²) in [7, 11) is 3.14. The van der Waals surface area contributed by atoms with Crippen LogP contribution in [0.2, 0.25) is 0 Å². The van der Waals surface area contributed by atoms with Gasteiger partial charge in [0.25, 0.3) is 0 Å². The van der Waals surface area contributed by atoms with Crippen LogP contribution in [0.5, 0.6) is 0 Å². The molecular weight excluding hydrogens is 485 g/mol. The molecule has 0 N–H and O–H groups in total. The first-order valence-electron chi connectivity index (χ1n) is 12.7. The van der Waals surface area contributed by atoms with Gasteiger partial charge in [-0.25, -0.2) is 13.9 Å². The Hall–Kier alpha value is -4.11. The minimum Gasteiger partial charge on any atom is -0.465 e. The van der Waals surface area contributed by atoms with Crippen molar-refractivity contribution in [1.82, 2.24) is 24.5 Å². The summed E-state index contributed by atoms with van der Waals surface area (Å²) in [5.41, 5.74) is 5.63. The van der Waals surface area contributed by atoms with E-state index >= 15 is 4.39 Å². The Morgan fingerprint density at radius 2 is 1.89 bits per heavy atom. The van der Waals surface area contributed by atoms with Crippen molar-refractivity contribution in [2.24, 2.45) is 13.0 Å². The lowest BCUT2D eigenvalue weighted by Crippen LogP contribution is -2.27. The summed E-state index contributed by atoms with van der Waals surface area (Å²) in [5, 5.41) is 8.74. The van der Waals surface area contributed by atoms with Crippen molar-refractivity contribution in [3.63, 3.8) is 0 Å². The van der Waals surface area contributed by atoms with E-state index in [9.17, 15) is 4.79 Å². The number of esters is 1. The van der Waals surface area contributed by atoms with Crippen LogP contribution < -0.4 is 0 Å². The zero-order valence-corrected chi connectivity index (χ0v) is 21.5. The van der Waals surface area contributed by atoms with Gasteiger partial charge in [0.15, 0.2) is 0 Å². The fourth-order valence-electron chi connectivity index (χ4n) is 5.81. The zero-order chi connectivity index (χ0) is 26.4. The first-order valence-corrected chi connectivity index (χ1v) is 12.7. The number of rotatable bonds is 5. The van der Waals surface area contributed by atoms with Crippen molar-refractivity contribution in [2.45, 2.75) is 25.8 Å². The van der Waals surface area contributed by atoms with Crippen LogP contribution in [0.15, 0.2) is 54.7 Å². The molecular formula is C29H28FN5O3. The molecule has 1 fully saturated rings. The van der Waals surface area contributed by atoms with E-state index in [4.69, 9.17) is 14.5 Å². The van der Waals surface area contributed by atoms with Crippen molar-refractivity contribution < 1.29 is 18.7 Å². The Bertz CT molecular complexity index is 1630. The summed E-state index contributed by atoms with van der Waals surface area (Å²) >= 11 is 0. The van der Waals surface area contributed by atoms with Crippen molar-refractivity contribution >= 4 is 27.9 Å². The van der Waals surface area contributed by atoms with Gasteiger partial charge in [0.1, 0.15) is 5.82 Å². The number of ether oxygens (including phenoxy) is 2. The molecule has 0 saturated carbocycles. The van der Waals surface area contributed by atoms with Gasteiger partial charge < -0.3 is 14.0 Å². The maximum atomic E-state index is 15.8. The molecule has 0 bridgehead atoms. The molecule has 2 aromatic carbocycles. The van der Waals surface area contributed by atoms with E-state index in [-0.39, 0.29) is 17.5 Å². The number of carbonyl (C=O) groups is 1. The van der Waals surface area contributed by atoms with Gasteiger partial charge in [0, 0.05) is 32.0 Å². The van der Waals surface area contributed by atoms with Gasteiger partial charge in [-0.3, -0.25) is 4.98 Å². The van der Waals surface area contributed by atoms with Gasteiger partial charge in [-0.15, -0.1) is 5.10 Å². The van der Waals surface area contributed by atoms with E-state index in [1.165, 1.54) is 13.2 Å². The molecule has 3 aromatic heterocycles. The fraction of sp³-hybridized carbons (Fsp3) is 0.310. The molecule has 0 unspecified atom stereocenters. The third-order valence-electron chi connectivity index (χ3n) is 7.51. The van der Waals surface area contributed by atoms with E-state index in [1.54, 1.807) is 16.9 Å². The molecule has 0 amide bonds. The van der Waals surface area contributed by atoms with Crippen LogP contribution in [0.3, 0.4) is 0 Å². The molecule has 194 valence electrons. The van der Waals surface area contributed by atoms with Crippen LogP contribution in [0.1, 0.15) is 40.5 Å². The number of nitrogens with zero attached hydrogens (tertiary/aromatic N) is 5. The van der Waals surface area contributed by atoms with Gasteiger partial charge in [0.2, 0.25) is 0 Å². The van der Waals surface area contributed by atoms with Crippen molar-refractivity contribution in [3.8, 4) is 11.3 Å². The SMILES string of the molecule is COC(=O)c1cc(F)c2c3ncc(-c4c(C)nnn4C)cc3n([C@H](c3ccccc3)C3CCOCC3)c2c1. The number of fused-ring (bicyclic) bond motifs is 3. The van der Waals surface area contributed by atoms with Crippen LogP contribution in [-0.4, -0.2) is 50.8 Å². The predicted molar refractivity (Wildman–Crippen MR) is 141 cm³/mol. The highest BCUT2D eigenvalue weighted by atomic mass is 19.1. The Balaban J connectivity index is 1.72. The summed E-state index contributed by atoms with van der Waals surface area (Å²) in [6.45, 7) is 3.23. The second kappa shape index (κ2) is 9.64. The number of pyridine rings is 1. The average Bonchev–Trinajstić information content (AvgIpc) is 3.45. The molecule has 5 aromatic rings. The van der Waals surface area contributed by atoms with Crippen LogP contribution in [0.4, 0.5) is 4.39 Å². The van der Waals surface area contributed by atoms with Gasteiger partial charge in [0.05, 0.1) is 52.0 Å². The van der Waals surface area contributed by atoms with Crippen LogP contribution in [0, 0.1) is 18.7 Å². The Kier molecular flexibility index (Phi) is 6.15. The predicted octanol–water partition coefficient (Wildman–Crippen LogP) is 5.24. The number of aryl methyl sites for hydroxylation is 2. The van der Waals surface area contributed by atoms with E-state index in [1.807, 2.05) is 38.2 Å². The lowest BCUT2D eigenvalue weighted by Gasteiger charge is -2.33. The second-order valence-electron chi connectivity index (χ2n) is 9.76. The molecule has 6 rings (SSSR count). The maximum Gasteiger partial charge on any atom is 0.338 e. The zero-order valence-electron chi connectivity index (χ0n) is 21.5. The van der Waals surface area contributed by atoms with E-state index in [0.717, 1.165) is 40.9 Å². The summed E-state index contributed by atoms with van der Waals surface area (Å²) < 4.78 is 30.3. The standard InChI is InChI=1S/C29H28FN5O3/c1-17-27(34(2)33-32-17)21-15-24-26(31-16-21)25-22(30)13-20(29(36)37-3)14-23(25)35(24)28(18-7-5-4-6-8-18)19-9-11-38-12-10-19/h4-8,13-16,19,28H,9-12H2,1-3H3/t28-/m1/s1. The molecule has 1 aliphatic rings. The average molecular weight is 514 g/mol. The highest BCUT2D eigenvalue weighted by Crippen LogP contribution is 2.42. The summed E-state index contributed by atoms with van der Waals surface area (Å²) in [5.74, 6) is -0.863. The van der Waals surface area contributed by atoms with Gasteiger partial charge in [-0.1, -0.05) is 35.5 Å². The second-order valence-corrected chi connectivity index (χ2v) is 9.76. The molecule has 9 heteroatoms. The highest BCUT2D eigenvalue weighted by molar-refractivity contribution is 6.09. The molecule has 1 saturated heterocycles. The molecule has 8 nitrogen and oxygen atoms in total. The maximum absolute atomic E-state index is 15.8. The number of hydrogen-bond acceptors (Lipinski definition) is 6. The molecule has 0 aliphatic carbocycles. The highest BCUT2D eigenvalue weighted by Gasteiger charge is 2.31. The number of methoxy groups -OCH3 is 1. The molecule has 0 spiro atoms. The van der Waals surface area contributed by atoms with Crippen LogP contribution in [0.25, 0.3) is 33.2 Å². The lowest BCUT2D eigenvalue weighted by molar-refractivity contribution is 0.0553. The smallest absolute Gasteiger partial charge is 0.338 e. The van der Waals surface area contributed by atoms with Gasteiger partial charge in [-0.05, 0) is 49.4 Å². The lowest BCUT2D eigenvalue weighted by atomic mass is 9.86. The first-order chi connectivity index (χ1) is 18.5. The number of aromatic nitrogens is 5. The van der Waals surface area contributed by atoms with Crippen LogP contribution >= 0.6 is 0 Å². The van der Waals surface area contributed by atoms with E-state index < -0.39 is 11.8 Å². The quantitative estimate of drug-likeness (QED) is 0.299. The molecule has 1 aliphatic heterocycles. The summed E-state index contributed by atoms with van der Waals surface area (Å²) in [4.78, 5) is 17.3. The van der Waals surface area contributed by atoms with Crippen molar-refractivity contribution in [2.75, 3.05) is 20.3 Å². The third-order valence-corrected chi connectivity index (χ3v) is 7.51. The molecule has 38 heavy (non-hydrogen) atoms. The molecule has 0 radical (unpaired) electrons. The Morgan fingerprint density at radius 3 is 2.58 bits per heavy atom. The largest absolute Gasteiger partial charge is 0.465 e. The monoisotopic (exact) mass is 513 g/mol. The van der Waals surface area contributed by atoms with E-state index in [0.29, 0.717) is 29.6 Å². The van der Waals surface area contributed by atoms with Gasteiger partial charge in [-0.2, -0.15) is 0 Å². The summed E-state index contributed by atoms with van der Waals surface area (Å²) in [6.07, 6.45) is 3.45. The Labute approximate surface area is 219 Å². The Morgan fingerprint density at radius 1 is 1.13 bits per heavy atom. The van der Waals surface area contributed by atoms with E-state index in [2.05, 4.69) is 27.0 Å². The number of halogens is 1. The van der Waals surface area contributed by atoms with Gasteiger partial charge >= 0.3 is 5.97 Å². The van der Waals surface area contributed by atoms with Crippen molar-refractivity contribution in [1.29, 1.82) is 0 Å². The minimum absolute atomic E-state index is 0.129.